The van der Waals surface area contributed by atoms with Crippen LogP contribution in [0.3, 0.4) is 0 Å². The van der Waals surface area contributed by atoms with Crippen LogP contribution in [0.1, 0.15) is 11.3 Å². The van der Waals surface area contributed by atoms with E-state index in [1.807, 2.05) is 6.07 Å². The number of aromatic nitrogens is 3. The van der Waals surface area contributed by atoms with Crippen molar-refractivity contribution in [2.75, 3.05) is 19.0 Å². The largest absolute Gasteiger partial charge is 0.496 e. The highest BCUT2D eigenvalue weighted by molar-refractivity contribution is 6.29. The molecule has 0 aliphatic heterocycles. The van der Waals surface area contributed by atoms with Crippen LogP contribution in [0.2, 0.25) is 5.15 Å². The fourth-order valence-electron chi connectivity index (χ4n) is 2.85. The fraction of sp³-hybridized carbons (Fsp3) is 0.294. The number of methoxy groups -OCH3 is 1. The van der Waals surface area contributed by atoms with E-state index in [0.29, 0.717) is 5.15 Å². The Morgan fingerprint density at radius 2 is 2.04 bits per heavy atom. The van der Waals surface area contributed by atoms with Gasteiger partial charge in [-0.3, -0.25) is 0 Å². The van der Waals surface area contributed by atoms with Crippen molar-refractivity contribution in [3.63, 3.8) is 0 Å². The van der Waals surface area contributed by atoms with Crippen molar-refractivity contribution >= 4 is 28.3 Å². The molecule has 1 aromatic carbocycles. The van der Waals surface area contributed by atoms with Gasteiger partial charge in [-0.05, 0) is 31.5 Å². The zero-order valence-corrected chi connectivity index (χ0v) is 14.2. The first kappa shape index (κ1) is 15.6. The van der Waals surface area contributed by atoms with Gasteiger partial charge in [0, 0.05) is 30.2 Å². The van der Waals surface area contributed by atoms with Gasteiger partial charge in [0.25, 0.3) is 0 Å². The number of halogens is 1. The van der Waals surface area contributed by atoms with Crippen LogP contribution < -0.4 is 10.1 Å². The zero-order chi connectivity index (χ0) is 16.4. The first-order chi connectivity index (χ1) is 11.1. The predicted molar refractivity (Wildman–Crippen MR) is 93.5 cm³/mol. The summed E-state index contributed by atoms with van der Waals surface area (Å²) in [5.41, 5.74) is 3.65. The molecule has 0 spiro atoms. The summed E-state index contributed by atoms with van der Waals surface area (Å²) in [7, 11) is 1.71. The van der Waals surface area contributed by atoms with Crippen LogP contribution >= 0.6 is 11.6 Å². The summed E-state index contributed by atoms with van der Waals surface area (Å²) in [6.45, 7) is 5.80. The highest BCUT2D eigenvalue weighted by Gasteiger charge is 2.12. The Bertz CT molecular complexity index is 844. The molecule has 3 aromatic rings. The lowest BCUT2D eigenvalue weighted by molar-refractivity contribution is 0.419. The minimum absolute atomic E-state index is 0.436. The number of hydrogen-bond donors (Lipinski definition) is 1. The number of nitrogens with one attached hydrogen (secondary N) is 1. The number of ether oxygens (including phenoxy) is 1. The van der Waals surface area contributed by atoms with Gasteiger partial charge in [0.15, 0.2) is 0 Å². The van der Waals surface area contributed by atoms with Crippen LogP contribution in [0.5, 0.6) is 5.75 Å². The topological polar surface area (TPSA) is 52.0 Å². The monoisotopic (exact) mass is 330 g/mol. The van der Waals surface area contributed by atoms with E-state index in [9.17, 15) is 0 Å². The summed E-state index contributed by atoms with van der Waals surface area (Å²) in [6, 6.07) is 8.00. The number of anilines is 1. The molecule has 6 heteroatoms. The highest BCUT2D eigenvalue weighted by atomic mass is 35.5. The molecule has 5 nitrogen and oxygen atoms in total. The Labute approximate surface area is 140 Å². The number of hydrogen-bond acceptors (Lipinski definition) is 4. The lowest BCUT2D eigenvalue weighted by atomic mass is 10.1. The van der Waals surface area contributed by atoms with Crippen LogP contribution in [0.15, 0.2) is 30.6 Å². The average molecular weight is 331 g/mol. The molecule has 0 bridgehead atoms. The second kappa shape index (κ2) is 6.46. The van der Waals surface area contributed by atoms with E-state index >= 15 is 0 Å². The van der Waals surface area contributed by atoms with E-state index in [1.54, 1.807) is 13.2 Å². The van der Waals surface area contributed by atoms with Crippen LogP contribution in [0, 0.1) is 13.8 Å². The normalized spacial score (nSPS) is 11.0. The average Bonchev–Trinajstić information content (AvgIpc) is 2.86. The van der Waals surface area contributed by atoms with E-state index in [-0.39, 0.29) is 0 Å². The van der Waals surface area contributed by atoms with Crippen molar-refractivity contribution < 1.29 is 4.74 Å². The summed E-state index contributed by atoms with van der Waals surface area (Å²) in [5, 5.41) is 4.86. The quantitative estimate of drug-likeness (QED) is 0.722. The first-order valence-electron chi connectivity index (χ1n) is 7.45. The predicted octanol–water partition coefficient (Wildman–Crippen LogP) is 3.82. The van der Waals surface area contributed by atoms with Gasteiger partial charge >= 0.3 is 0 Å². The third-order valence-corrected chi connectivity index (χ3v) is 4.13. The summed E-state index contributed by atoms with van der Waals surface area (Å²) >= 11 is 5.87. The first-order valence-corrected chi connectivity index (χ1v) is 7.83. The molecule has 3 rings (SSSR count). The molecule has 0 saturated carbocycles. The molecule has 0 amide bonds. The van der Waals surface area contributed by atoms with Gasteiger partial charge in [-0.15, -0.1) is 0 Å². The van der Waals surface area contributed by atoms with E-state index in [0.717, 1.165) is 30.0 Å². The molecule has 0 atom stereocenters. The van der Waals surface area contributed by atoms with Crippen molar-refractivity contribution in [2.45, 2.75) is 20.4 Å². The number of benzene rings is 1. The molecular weight excluding hydrogens is 312 g/mol. The lowest BCUT2D eigenvalue weighted by Gasteiger charge is -2.12. The fourth-order valence-corrected chi connectivity index (χ4v) is 3.00. The van der Waals surface area contributed by atoms with E-state index in [1.165, 1.54) is 23.1 Å². The minimum Gasteiger partial charge on any atom is -0.496 e. The van der Waals surface area contributed by atoms with Crippen LogP contribution in [0.4, 0.5) is 5.82 Å². The zero-order valence-electron chi connectivity index (χ0n) is 13.4. The Kier molecular flexibility index (Phi) is 4.39. The maximum absolute atomic E-state index is 5.87. The third-order valence-electron chi connectivity index (χ3n) is 3.92. The maximum atomic E-state index is 5.87. The number of nitrogens with zero attached hydrogens (tertiary/aromatic N) is 3. The van der Waals surface area contributed by atoms with E-state index < -0.39 is 0 Å². The van der Waals surface area contributed by atoms with Crippen molar-refractivity contribution in [3.8, 4) is 5.75 Å². The molecule has 0 unspecified atom stereocenters. The molecule has 0 fully saturated rings. The maximum Gasteiger partial charge on any atom is 0.134 e. The number of aryl methyl sites for hydroxylation is 2. The summed E-state index contributed by atoms with van der Waals surface area (Å²) in [5.74, 6) is 1.64. The third kappa shape index (κ3) is 3.10. The van der Waals surface area contributed by atoms with Gasteiger partial charge in [0.1, 0.15) is 23.0 Å². The van der Waals surface area contributed by atoms with Crippen molar-refractivity contribution in [3.05, 3.63) is 47.0 Å². The molecule has 1 N–H and O–H groups in total. The lowest BCUT2D eigenvalue weighted by Crippen LogP contribution is -2.12. The number of rotatable bonds is 5. The molecule has 0 saturated heterocycles. The van der Waals surface area contributed by atoms with Crippen LogP contribution in [-0.2, 0) is 6.54 Å². The molecular formula is C17H19ClN4O. The van der Waals surface area contributed by atoms with Crippen molar-refractivity contribution in [2.24, 2.45) is 0 Å². The molecule has 0 aliphatic rings. The van der Waals surface area contributed by atoms with Gasteiger partial charge in [0.2, 0.25) is 0 Å². The smallest absolute Gasteiger partial charge is 0.134 e. The number of fused-ring (bicyclic) bond motifs is 1. The Morgan fingerprint density at radius 3 is 2.78 bits per heavy atom. The highest BCUT2D eigenvalue weighted by Crippen LogP contribution is 2.31. The van der Waals surface area contributed by atoms with Gasteiger partial charge in [0.05, 0.1) is 12.6 Å². The Hall–Kier alpha value is -2.27. The SMILES string of the molecule is COc1ccc(C)c2c1cc(C)n2CCNc1cc(Cl)ncn1. The summed E-state index contributed by atoms with van der Waals surface area (Å²) < 4.78 is 7.77. The van der Waals surface area contributed by atoms with Gasteiger partial charge in [-0.25, -0.2) is 9.97 Å². The Morgan fingerprint density at radius 1 is 1.22 bits per heavy atom. The molecule has 2 heterocycles. The van der Waals surface area contributed by atoms with E-state index in [4.69, 9.17) is 16.3 Å². The summed E-state index contributed by atoms with van der Waals surface area (Å²) in [6.07, 6.45) is 1.45. The van der Waals surface area contributed by atoms with Crippen LogP contribution in [0.25, 0.3) is 10.9 Å². The van der Waals surface area contributed by atoms with Crippen molar-refractivity contribution in [1.29, 1.82) is 0 Å². The minimum atomic E-state index is 0.436. The molecule has 0 radical (unpaired) electrons. The molecule has 2 aromatic heterocycles. The van der Waals surface area contributed by atoms with Gasteiger partial charge in [-0.2, -0.15) is 0 Å². The second-order valence-electron chi connectivity index (χ2n) is 5.44. The molecule has 120 valence electrons. The standard InChI is InChI=1S/C17H19ClN4O/c1-11-4-5-14(23-3)13-8-12(2)22(17(11)13)7-6-19-16-9-15(18)20-10-21-16/h4-5,8-10H,6-7H2,1-3H3,(H,19,20,21). The molecule has 23 heavy (non-hydrogen) atoms. The Balaban J connectivity index is 1.84. The van der Waals surface area contributed by atoms with E-state index in [2.05, 4.69) is 45.8 Å². The van der Waals surface area contributed by atoms with Gasteiger partial charge in [-0.1, -0.05) is 17.7 Å². The molecule has 0 aliphatic carbocycles. The second-order valence-corrected chi connectivity index (χ2v) is 5.82. The summed E-state index contributed by atoms with van der Waals surface area (Å²) in [4.78, 5) is 8.03. The van der Waals surface area contributed by atoms with Gasteiger partial charge < -0.3 is 14.6 Å². The van der Waals surface area contributed by atoms with Crippen molar-refractivity contribution in [1.82, 2.24) is 14.5 Å². The van der Waals surface area contributed by atoms with Crippen LogP contribution in [-0.4, -0.2) is 28.2 Å².